The Bertz CT molecular complexity index is 887. The van der Waals surface area contributed by atoms with Crippen molar-refractivity contribution in [1.82, 2.24) is 14.8 Å². The number of carbonyl (C=O) groups excluding carboxylic acids is 1. The Hall–Kier alpha value is -2.98. The molecule has 0 aromatic heterocycles. The van der Waals surface area contributed by atoms with Crippen molar-refractivity contribution in [2.45, 2.75) is 31.5 Å². The standard InChI is InChI=1S/C23H31N5O5/c1-26-10-12-28(13-11-26)24-15-17-2-4-18(5-3-17)20-14-21(33-25-20)23(31)27-8-6-19(7-9-27)32-16-22(29)30/h2-5,15,19,21H,6-14,16H2,1H3,(H,29,30)/b24-15+. The molecule has 1 N–H and O–H groups in total. The van der Waals surface area contributed by atoms with Crippen LogP contribution in [-0.4, -0.2) is 109 Å². The number of amides is 1. The average Bonchev–Trinajstić information content (AvgIpc) is 3.33. The molecule has 0 spiro atoms. The number of carbonyl (C=O) groups is 2. The number of benzene rings is 1. The van der Waals surface area contributed by atoms with E-state index in [1.54, 1.807) is 4.90 Å². The number of oxime groups is 1. The first-order valence-corrected chi connectivity index (χ1v) is 11.4. The predicted octanol–water partition coefficient (Wildman–Crippen LogP) is 0.853. The number of piperazine rings is 1. The van der Waals surface area contributed by atoms with Gasteiger partial charge >= 0.3 is 5.97 Å². The fourth-order valence-electron chi connectivity index (χ4n) is 4.14. The number of hydrogen-bond acceptors (Lipinski definition) is 8. The molecule has 1 aromatic carbocycles. The second-order valence-corrected chi connectivity index (χ2v) is 8.69. The van der Waals surface area contributed by atoms with Gasteiger partial charge in [0, 0.05) is 45.7 Å². The van der Waals surface area contributed by atoms with Gasteiger partial charge in [0.2, 0.25) is 6.10 Å². The molecule has 3 aliphatic heterocycles. The minimum absolute atomic E-state index is 0.0821. The molecule has 2 saturated heterocycles. The molecular weight excluding hydrogens is 426 g/mol. The zero-order valence-electron chi connectivity index (χ0n) is 18.9. The smallest absolute Gasteiger partial charge is 0.329 e. The molecule has 0 aliphatic carbocycles. The third-order valence-corrected chi connectivity index (χ3v) is 6.23. The van der Waals surface area contributed by atoms with Crippen LogP contribution in [0.1, 0.15) is 30.4 Å². The Morgan fingerprint density at radius 2 is 1.85 bits per heavy atom. The minimum Gasteiger partial charge on any atom is -0.480 e. The lowest BCUT2D eigenvalue weighted by Gasteiger charge is -2.32. The van der Waals surface area contributed by atoms with Gasteiger partial charge in [0.05, 0.1) is 18.0 Å². The first-order valence-electron chi connectivity index (χ1n) is 11.4. The molecule has 3 aliphatic rings. The number of hydrogen-bond donors (Lipinski definition) is 1. The molecule has 3 heterocycles. The van der Waals surface area contributed by atoms with Crippen LogP contribution >= 0.6 is 0 Å². The number of likely N-dealkylation sites (N-methyl/N-ethyl adjacent to an activating group) is 1. The van der Waals surface area contributed by atoms with Crippen LogP contribution in [0.4, 0.5) is 0 Å². The molecule has 178 valence electrons. The van der Waals surface area contributed by atoms with Crippen molar-refractivity contribution in [2.75, 3.05) is 52.9 Å². The summed E-state index contributed by atoms with van der Waals surface area (Å²) in [7, 11) is 2.12. The molecule has 0 saturated carbocycles. The van der Waals surface area contributed by atoms with Gasteiger partial charge in [-0.15, -0.1) is 0 Å². The molecule has 0 radical (unpaired) electrons. The third kappa shape index (κ3) is 6.29. The lowest BCUT2D eigenvalue weighted by molar-refractivity contribution is -0.149. The summed E-state index contributed by atoms with van der Waals surface area (Å²) in [6, 6.07) is 7.94. The molecule has 2 fully saturated rings. The molecule has 0 bridgehead atoms. The second-order valence-electron chi connectivity index (χ2n) is 8.69. The predicted molar refractivity (Wildman–Crippen MR) is 122 cm³/mol. The lowest BCUT2D eigenvalue weighted by atomic mass is 10.0. The van der Waals surface area contributed by atoms with Crippen LogP contribution in [0.3, 0.4) is 0 Å². The van der Waals surface area contributed by atoms with Gasteiger partial charge in [-0.2, -0.15) is 5.10 Å². The molecular formula is C23H31N5O5. The van der Waals surface area contributed by atoms with Crippen LogP contribution in [0.2, 0.25) is 0 Å². The third-order valence-electron chi connectivity index (χ3n) is 6.23. The molecule has 4 rings (SSSR count). The Morgan fingerprint density at radius 1 is 1.15 bits per heavy atom. The Morgan fingerprint density at radius 3 is 2.52 bits per heavy atom. The van der Waals surface area contributed by atoms with Crippen LogP contribution in [0.25, 0.3) is 0 Å². The van der Waals surface area contributed by atoms with Gasteiger partial charge in [0.1, 0.15) is 6.61 Å². The number of carboxylic acids is 1. The number of likely N-dealkylation sites (tertiary alicyclic amines) is 1. The summed E-state index contributed by atoms with van der Waals surface area (Å²) in [5, 5.41) is 19.5. The topological polar surface area (TPSA) is 107 Å². The number of nitrogens with zero attached hydrogens (tertiary/aromatic N) is 5. The Labute approximate surface area is 193 Å². The molecule has 10 nitrogen and oxygen atoms in total. The molecule has 1 atom stereocenters. The van der Waals surface area contributed by atoms with E-state index in [9.17, 15) is 9.59 Å². The van der Waals surface area contributed by atoms with Crippen molar-refractivity contribution in [3.63, 3.8) is 0 Å². The summed E-state index contributed by atoms with van der Waals surface area (Å²) in [6.07, 6.45) is 2.81. The maximum Gasteiger partial charge on any atom is 0.329 e. The monoisotopic (exact) mass is 457 g/mol. The SMILES string of the molecule is CN1CCN(/N=C/c2ccc(C3=NOC(C(=O)N4CCC(OCC(=O)O)CC4)C3)cc2)CC1. The zero-order valence-corrected chi connectivity index (χ0v) is 18.9. The van der Waals surface area contributed by atoms with Crippen LogP contribution in [0.15, 0.2) is 34.5 Å². The van der Waals surface area contributed by atoms with E-state index in [1.807, 2.05) is 30.5 Å². The lowest BCUT2D eigenvalue weighted by Crippen LogP contribution is -2.45. The summed E-state index contributed by atoms with van der Waals surface area (Å²) >= 11 is 0. The normalized spacial score (nSPS) is 22.5. The number of ether oxygens (including phenoxy) is 1. The summed E-state index contributed by atoms with van der Waals surface area (Å²) in [4.78, 5) is 33.0. The first-order chi connectivity index (χ1) is 16.0. The van der Waals surface area contributed by atoms with Gasteiger partial charge < -0.3 is 24.5 Å². The number of carboxylic acid groups (broad SMARTS) is 1. The maximum absolute atomic E-state index is 12.8. The van der Waals surface area contributed by atoms with E-state index in [4.69, 9.17) is 14.7 Å². The molecule has 10 heteroatoms. The quantitative estimate of drug-likeness (QED) is 0.605. The van der Waals surface area contributed by atoms with Gasteiger partial charge in [0.15, 0.2) is 0 Å². The number of rotatable bonds is 7. The van der Waals surface area contributed by atoms with Crippen molar-refractivity contribution in [3.8, 4) is 0 Å². The fraction of sp³-hybridized carbons (Fsp3) is 0.565. The van der Waals surface area contributed by atoms with E-state index in [1.165, 1.54) is 0 Å². The van der Waals surface area contributed by atoms with Crippen molar-refractivity contribution in [1.29, 1.82) is 0 Å². The zero-order chi connectivity index (χ0) is 23.2. The van der Waals surface area contributed by atoms with Crippen molar-refractivity contribution >= 4 is 23.8 Å². The average molecular weight is 458 g/mol. The van der Waals surface area contributed by atoms with Crippen molar-refractivity contribution < 1.29 is 24.3 Å². The Balaban J connectivity index is 1.24. The summed E-state index contributed by atoms with van der Waals surface area (Å²) in [6.45, 7) is 4.66. The van der Waals surface area contributed by atoms with Crippen LogP contribution in [0.5, 0.6) is 0 Å². The van der Waals surface area contributed by atoms with E-state index in [0.29, 0.717) is 32.4 Å². The molecule has 1 aromatic rings. The first kappa shape index (κ1) is 23.2. The van der Waals surface area contributed by atoms with Gasteiger partial charge in [-0.1, -0.05) is 29.4 Å². The highest BCUT2D eigenvalue weighted by Gasteiger charge is 2.34. The fourth-order valence-corrected chi connectivity index (χ4v) is 4.14. The highest BCUT2D eigenvalue weighted by atomic mass is 16.6. The molecule has 33 heavy (non-hydrogen) atoms. The summed E-state index contributed by atoms with van der Waals surface area (Å²) in [5.41, 5.74) is 2.70. The van der Waals surface area contributed by atoms with E-state index in [-0.39, 0.29) is 18.6 Å². The maximum atomic E-state index is 12.8. The van der Waals surface area contributed by atoms with Gasteiger partial charge in [0.25, 0.3) is 5.91 Å². The van der Waals surface area contributed by atoms with E-state index >= 15 is 0 Å². The van der Waals surface area contributed by atoms with Crippen molar-refractivity contribution in [2.24, 2.45) is 10.3 Å². The van der Waals surface area contributed by atoms with Gasteiger partial charge in [-0.05, 0) is 31.0 Å². The van der Waals surface area contributed by atoms with E-state index < -0.39 is 12.1 Å². The van der Waals surface area contributed by atoms with Crippen LogP contribution in [0, 0.1) is 0 Å². The highest BCUT2D eigenvalue weighted by molar-refractivity contribution is 6.04. The van der Waals surface area contributed by atoms with E-state index in [2.05, 4.69) is 27.2 Å². The van der Waals surface area contributed by atoms with Crippen molar-refractivity contribution in [3.05, 3.63) is 35.4 Å². The van der Waals surface area contributed by atoms with Gasteiger partial charge in [-0.25, -0.2) is 4.79 Å². The van der Waals surface area contributed by atoms with Gasteiger partial charge in [-0.3, -0.25) is 9.80 Å². The number of hydrazone groups is 1. The summed E-state index contributed by atoms with van der Waals surface area (Å²) in [5.74, 6) is -1.06. The van der Waals surface area contributed by atoms with E-state index in [0.717, 1.165) is 43.0 Å². The number of piperidine rings is 1. The molecule has 1 amide bonds. The van der Waals surface area contributed by atoms with Crippen LogP contribution < -0.4 is 0 Å². The van der Waals surface area contributed by atoms with Crippen LogP contribution in [-0.2, 0) is 19.2 Å². The molecule has 1 unspecified atom stereocenters. The summed E-state index contributed by atoms with van der Waals surface area (Å²) < 4.78 is 5.33. The Kier molecular flexibility index (Phi) is 7.56. The highest BCUT2D eigenvalue weighted by Crippen LogP contribution is 2.21. The minimum atomic E-state index is -0.979. The number of aliphatic carboxylic acids is 1. The second kappa shape index (κ2) is 10.8. The largest absolute Gasteiger partial charge is 0.480 e.